The molecule has 0 aliphatic carbocycles. The fraction of sp³-hybridized carbons (Fsp3) is 0.792. The fourth-order valence-electron chi connectivity index (χ4n) is 6.97. The van der Waals surface area contributed by atoms with Crippen molar-refractivity contribution in [2.24, 2.45) is 0 Å². The van der Waals surface area contributed by atoms with Gasteiger partial charge >= 0.3 is 23.9 Å². The molecular formula is C48H84N4O14. The van der Waals surface area contributed by atoms with Gasteiger partial charge in [0.05, 0.1) is 56.4 Å². The number of hydrogen-bond acceptors (Lipinski definition) is 15. The zero-order valence-electron chi connectivity index (χ0n) is 42.3. The minimum Gasteiger partial charge on any atom is -0.491 e. The SMILES string of the molecule is CCOCCOCCOc1ccc(CC(C(=O)OC(C)(C)C)N2CCN(C(COC(C)(C)C)C(=O)O)CCN(C(COC(C)(C)C)C(=O)O)CCN(C(COC(C)(C)C)C(=O)O)CC2)cc1. The molecule has 0 radical (unpaired) electrons. The van der Waals surface area contributed by atoms with Crippen molar-refractivity contribution in [3.05, 3.63) is 29.8 Å². The van der Waals surface area contributed by atoms with Crippen LogP contribution in [0, 0.1) is 0 Å². The van der Waals surface area contributed by atoms with Gasteiger partial charge in [-0.1, -0.05) is 12.1 Å². The maximum Gasteiger partial charge on any atom is 0.324 e. The van der Waals surface area contributed by atoms with Gasteiger partial charge in [-0.25, -0.2) is 0 Å². The predicted molar refractivity (Wildman–Crippen MR) is 250 cm³/mol. The molecule has 0 aromatic heterocycles. The van der Waals surface area contributed by atoms with Crippen molar-refractivity contribution in [2.45, 2.75) is 143 Å². The van der Waals surface area contributed by atoms with E-state index in [1.54, 1.807) is 35.5 Å². The molecule has 18 heteroatoms. The molecule has 1 aromatic carbocycles. The Morgan fingerprint density at radius 2 is 0.833 bits per heavy atom. The molecule has 2 rings (SSSR count). The van der Waals surface area contributed by atoms with Crippen molar-refractivity contribution in [1.82, 2.24) is 19.6 Å². The maximum atomic E-state index is 14.4. The molecule has 1 saturated heterocycles. The monoisotopic (exact) mass is 941 g/mol. The summed E-state index contributed by atoms with van der Waals surface area (Å²) in [5, 5.41) is 32.0. The van der Waals surface area contributed by atoms with Gasteiger partial charge in [-0.15, -0.1) is 0 Å². The summed E-state index contributed by atoms with van der Waals surface area (Å²) in [5.74, 6) is -3.24. The number of benzene rings is 1. The molecule has 18 nitrogen and oxygen atoms in total. The number of hydrogen-bond donors (Lipinski definition) is 3. The van der Waals surface area contributed by atoms with E-state index >= 15 is 0 Å². The first-order chi connectivity index (χ1) is 30.6. The summed E-state index contributed by atoms with van der Waals surface area (Å²) in [4.78, 5) is 60.7. The van der Waals surface area contributed by atoms with E-state index in [0.717, 1.165) is 5.56 Å². The van der Waals surface area contributed by atoms with Crippen LogP contribution >= 0.6 is 0 Å². The third-order valence-electron chi connectivity index (χ3n) is 10.4. The number of rotatable bonds is 24. The summed E-state index contributed by atoms with van der Waals surface area (Å²) in [5.41, 5.74) is -2.00. The Labute approximate surface area is 394 Å². The second kappa shape index (κ2) is 27.5. The molecule has 0 bridgehead atoms. The Bertz CT molecular complexity index is 1550. The molecule has 380 valence electrons. The first-order valence-corrected chi connectivity index (χ1v) is 23.3. The second-order valence-corrected chi connectivity index (χ2v) is 20.5. The highest BCUT2D eigenvalue weighted by molar-refractivity contribution is 5.77. The molecule has 1 fully saturated rings. The molecule has 0 spiro atoms. The Balaban J connectivity index is 2.71. The van der Waals surface area contributed by atoms with E-state index in [-0.39, 0.29) is 78.6 Å². The lowest BCUT2D eigenvalue weighted by Crippen LogP contribution is -2.58. The van der Waals surface area contributed by atoms with Gasteiger partial charge in [-0.05, 0) is 114 Å². The molecule has 1 aliphatic rings. The lowest BCUT2D eigenvalue weighted by molar-refractivity contribution is -0.163. The van der Waals surface area contributed by atoms with Crippen LogP contribution in [0.5, 0.6) is 5.75 Å². The average molecular weight is 941 g/mol. The lowest BCUT2D eigenvalue weighted by atomic mass is 10.0. The van der Waals surface area contributed by atoms with Crippen molar-refractivity contribution >= 4 is 23.9 Å². The van der Waals surface area contributed by atoms with Crippen molar-refractivity contribution < 1.29 is 67.7 Å². The Morgan fingerprint density at radius 1 is 0.500 bits per heavy atom. The van der Waals surface area contributed by atoms with Crippen molar-refractivity contribution in [2.75, 3.05) is 105 Å². The summed E-state index contributed by atoms with van der Waals surface area (Å²) >= 11 is 0. The molecule has 1 aromatic rings. The van der Waals surface area contributed by atoms with Gasteiger partial charge in [-0.2, -0.15) is 0 Å². The Morgan fingerprint density at radius 3 is 1.15 bits per heavy atom. The Kier molecular flexibility index (Phi) is 24.5. The molecule has 66 heavy (non-hydrogen) atoms. The number of ether oxygens (including phenoxy) is 7. The second-order valence-electron chi connectivity index (χ2n) is 20.5. The maximum absolute atomic E-state index is 14.4. The van der Waals surface area contributed by atoms with Gasteiger partial charge in [0, 0.05) is 59.0 Å². The molecule has 1 heterocycles. The molecular weight excluding hydrogens is 857 g/mol. The van der Waals surface area contributed by atoms with Crippen LogP contribution in [0.2, 0.25) is 0 Å². The quantitative estimate of drug-likeness (QED) is 0.0970. The van der Waals surface area contributed by atoms with E-state index in [2.05, 4.69) is 0 Å². The largest absolute Gasteiger partial charge is 0.491 e. The molecule has 0 saturated carbocycles. The molecule has 3 N–H and O–H groups in total. The van der Waals surface area contributed by atoms with Crippen LogP contribution in [0.1, 0.15) is 95.6 Å². The summed E-state index contributed by atoms with van der Waals surface area (Å²) in [7, 11) is 0. The number of carbonyl (C=O) groups excluding carboxylic acids is 1. The number of esters is 1. The Hall–Kier alpha value is -3.46. The van der Waals surface area contributed by atoms with Gasteiger partial charge in [0.25, 0.3) is 0 Å². The number of carboxylic acids is 3. The normalized spacial score (nSPS) is 18.1. The molecule has 0 amide bonds. The number of aliphatic carboxylic acids is 3. The van der Waals surface area contributed by atoms with E-state index in [1.807, 2.05) is 98.4 Å². The topological polar surface area (TPSA) is 207 Å². The van der Waals surface area contributed by atoms with Gasteiger partial charge < -0.3 is 48.5 Å². The average Bonchev–Trinajstić information content (AvgIpc) is 3.17. The minimum atomic E-state index is -1.14. The molecule has 1 aliphatic heterocycles. The lowest BCUT2D eigenvalue weighted by Gasteiger charge is -2.41. The van der Waals surface area contributed by atoms with Gasteiger partial charge in [0.15, 0.2) is 0 Å². The third kappa shape index (κ3) is 24.0. The highest BCUT2D eigenvalue weighted by atomic mass is 16.6. The van der Waals surface area contributed by atoms with Crippen LogP contribution in [-0.4, -0.2) is 211 Å². The van der Waals surface area contributed by atoms with Crippen molar-refractivity contribution in [1.29, 1.82) is 0 Å². The van der Waals surface area contributed by atoms with E-state index in [1.165, 1.54) is 0 Å². The van der Waals surface area contributed by atoms with E-state index in [0.29, 0.717) is 38.8 Å². The summed E-state index contributed by atoms with van der Waals surface area (Å²) in [6.07, 6.45) is 0.211. The third-order valence-corrected chi connectivity index (χ3v) is 10.4. The van der Waals surface area contributed by atoms with Crippen LogP contribution in [0.25, 0.3) is 0 Å². The molecule has 4 atom stereocenters. The summed E-state index contributed by atoms with van der Waals surface area (Å²) < 4.78 is 40.9. The first kappa shape index (κ1) is 58.7. The first-order valence-electron chi connectivity index (χ1n) is 23.3. The smallest absolute Gasteiger partial charge is 0.324 e. The highest BCUT2D eigenvalue weighted by Gasteiger charge is 2.37. The zero-order chi connectivity index (χ0) is 49.9. The summed E-state index contributed by atoms with van der Waals surface area (Å²) in [6.45, 7) is 26.6. The van der Waals surface area contributed by atoms with E-state index in [9.17, 15) is 34.5 Å². The van der Waals surface area contributed by atoms with Crippen LogP contribution < -0.4 is 4.74 Å². The van der Waals surface area contributed by atoms with Gasteiger partial charge in [-0.3, -0.25) is 38.8 Å². The van der Waals surface area contributed by atoms with Crippen LogP contribution in [0.4, 0.5) is 0 Å². The van der Waals surface area contributed by atoms with E-state index < -0.39 is 70.4 Å². The van der Waals surface area contributed by atoms with Crippen LogP contribution in [0.3, 0.4) is 0 Å². The van der Waals surface area contributed by atoms with Gasteiger partial charge in [0.2, 0.25) is 0 Å². The predicted octanol–water partition coefficient (Wildman–Crippen LogP) is 4.40. The van der Waals surface area contributed by atoms with Crippen molar-refractivity contribution in [3.8, 4) is 5.75 Å². The highest BCUT2D eigenvalue weighted by Crippen LogP contribution is 2.21. The zero-order valence-corrected chi connectivity index (χ0v) is 42.3. The standard InChI is InChI=1S/C48H84N4O14/c1-14-60-27-28-61-29-30-62-36-17-15-35(16-18-36)31-37(44(59)66-48(11,12)13)49-19-21-50(38(41(53)54)32-63-45(2,3)4)23-25-52(40(43(57)58)34-65-47(8,9)10)26-24-51(22-20-49)39(42(55)56)33-64-46(5,6)7/h15-18,37-40H,14,19-34H2,1-13H3,(H,53,54)(H,55,56)(H,57,58). The minimum absolute atomic E-state index is 0.0944. The summed E-state index contributed by atoms with van der Waals surface area (Å²) in [6, 6.07) is 3.12. The van der Waals surface area contributed by atoms with Gasteiger partial charge in [0.1, 0.15) is 42.1 Å². The number of carboxylic acid groups (broad SMARTS) is 3. The molecule has 4 unspecified atom stereocenters. The van der Waals surface area contributed by atoms with Crippen LogP contribution in [0.15, 0.2) is 24.3 Å². The fourth-order valence-corrected chi connectivity index (χ4v) is 6.97. The number of carbonyl (C=O) groups is 4. The number of nitrogens with zero attached hydrogens (tertiary/aromatic N) is 4. The van der Waals surface area contributed by atoms with Crippen LogP contribution in [-0.2, 0) is 54.0 Å². The van der Waals surface area contributed by atoms with Crippen molar-refractivity contribution in [3.63, 3.8) is 0 Å². The van der Waals surface area contributed by atoms with E-state index in [4.69, 9.17) is 33.2 Å².